The van der Waals surface area contributed by atoms with Gasteiger partial charge in [0.25, 0.3) is 0 Å². The smallest absolute Gasteiger partial charge is 0.348 e. The minimum atomic E-state index is -0.596. The van der Waals surface area contributed by atoms with E-state index in [1.807, 2.05) is 38.1 Å². The fourth-order valence-corrected chi connectivity index (χ4v) is 2.28. The SMILES string of the molecule is CCOC(=O)/C(C#N)=C/c1cc(C)n(Cc2ccco2)c1C. The molecule has 0 atom stereocenters. The summed E-state index contributed by atoms with van der Waals surface area (Å²) < 4.78 is 12.3. The van der Waals surface area contributed by atoms with Crippen LogP contribution in [-0.2, 0) is 16.1 Å². The van der Waals surface area contributed by atoms with Gasteiger partial charge in [-0.05, 0) is 50.6 Å². The van der Waals surface area contributed by atoms with Gasteiger partial charge in [-0.3, -0.25) is 0 Å². The predicted molar refractivity (Wildman–Crippen MR) is 81.9 cm³/mol. The van der Waals surface area contributed by atoms with E-state index in [9.17, 15) is 4.79 Å². The van der Waals surface area contributed by atoms with Crippen molar-refractivity contribution < 1.29 is 13.9 Å². The average molecular weight is 298 g/mol. The first kappa shape index (κ1) is 15.6. The van der Waals surface area contributed by atoms with Gasteiger partial charge in [-0.15, -0.1) is 0 Å². The summed E-state index contributed by atoms with van der Waals surface area (Å²) in [6.45, 7) is 6.49. The fourth-order valence-electron chi connectivity index (χ4n) is 2.28. The molecule has 0 radical (unpaired) electrons. The molecule has 114 valence electrons. The third-order valence-electron chi connectivity index (χ3n) is 3.42. The first-order chi connectivity index (χ1) is 10.6. The Labute approximate surface area is 129 Å². The van der Waals surface area contributed by atoms with Crippen LogP contribution in [0.5, 0.6) is 0 Å². The van der Waals surface area contributed by atoms with Gasteiger partial charge in [-0.1, -0.05) is 0 Å². The third kappa shape index (κ3) is 3.29. The Kier molecular flexibility index (Phi) is 4.84. The molecule has 5 nitrogen and oxygen atoms in total. The number of aromatic nitrogens is 1. The summed E-state index contributed by atoms with van der Waals surface area (Å²) in [6.07, 6.45) is 3.21. The molecule has 0 saturated carbocycles. The van der Waals surface area contributed by atoms with E-state index in [4.69, 9.17) is 14.4 Å². The molecular weight excluding hydrogens is 280 g/mol. The zero-order chi connectivity index (χ0) is 16.1. The van der Waals surface area contributed by atoms with E-state index in [0.717, 1.165) is 22.7 Å². The second kappa shape index (κ2) is 6.81. The van der Waals surface area contributed by atoms with Crippen molar-refractivity contribution in [3.8, 4) is 6.07 Å². The van der Waals surface area contributed by atoms with Crippen LogP contribution in [0.1, 0.15) is 29.6 Å². The van der Waals surface area contributed by atoms with Crippen LogP contribution in [0.3, 0.4) is 0 Å². The number of nitrogens with zero attached hydrogens (tertiary/aromatic N) is 2. The summed E-state index contributed by atoms with van der Waals surface area (Å²) in [6, 6.07) is 7.59. The molecule has 0 amide bonds. The van der Waals surface area contributed by atoms with Crippen molar-refractivity contribution >= 4 is 12.0 Å². The van der Waals surface area contributed by atoms with Crippen LogP contribution in [0.4, 0.5) is 0 Å². The maximum Gasteiger partial charge on any atom is 0.348 e. The zero-order valence-electron chi connectivity index (χ0n) is 12.9. The largest absolute Gasteiger partial charge is 0.467 e. The highest BCUT2D eigenvalue weighted by molar-refractivity contribution is 5.98. The fraction of sp³-hybridized carbons (Fsp3) is 0.294. The number of esters is 1. The number of ether oxygens (including phenoxy) is 1. The van der Waals surface area contributed by atoms with Gasteiger partial charge in [0.05, 0.1) is 19.4 Å². The lowest BCUT2D eigenvalue weighted by Crippen LogP contribution is -2.06. The summed E-state index contributed by atoms with van der Waals surface area (Å²) in [5.74, 6) is 0.254. The van der Waals surface area contributed by atoms with E-state index >= 15 is 0 Å². The summed E-state index contributed by atoms with van der Waals surface area (Å²) >= 11 is 0. The van der Waals surface area contributed by atoms with Gasteiger partial charge in [0.1, 0.15) is 17.4 Å². The zero-order valence-corrected chi connectivity index (χ0v) is 12.9. The molecule has 0 bridgehead atoms. The minimum absolute atomic E-state index is 0.0000913. The van der Waals surface area contributed by atoms with Crippen LogP contribution < -0.4 is 0 Å². The number of hydrogen-bond acceptors (Lipinski definition) is 4. The minimum Gasteiger partial charge on any atom is -0.467 e. The van der Waals surface area contributed by atoms with Crippen molar-refractivity contribution in [1.29, 1.82) is 5.26 Å². The number of nitriles is 1. The van der Waals surface area contributed by atoms with Gasteiger partial charge in [0.2, 0.25) is 0 Å². The molecule has 0 fully saturated rings. The predicted octanol–water partition coefficient (Wildman–Crippen LogP) is 3.22. The lowest BCUT2D eigenvalue weighted by molar-refractivity contribution is -0.137. The first-order valence-corrected chi connectivity index (χ1v) is 7.04. The summed E-state index contributed by atoms with van der Waals surface area (Å²) in [7, 11) is 0. The second-order valence-electron chi connectivity index (χ2n) is 4.88. The van der Waals surface area contributed by atoms with E-state index in [-0.39, 0.29) is 12.2 Å². The number of carbonyl (C=O) groups is 1. The molecule has 2 aromatic heterocycles. The molecule has 2 rings (SSSR count). The maximum atomic E-state index is 11.7. The van der Waals surface area contributed by atoms with Crippen molar-refractivity contribution in [2.75, 3.05) is 6.61 Å². The van der Waals surface area contributed by atoms with Gasteiger partial charge < -0.3 is 13.7 Å². The molecule has 0 aromatic carbocycles. The molecule has 0 N–H and O–H groups in total. The lowest BCUT2D eigenvalue weighted by atomic mass is 10.1. The average Bonchev–Trinajstić information content (AvgIpc) is 3.09. The molecule has 22 heavy (non-hydrogen) atoms. The van der Waals surface area contributed by atoms with Crippen molar-refractivity contribution in [2.24, 2.45) is 0 Å². The maximum absolute atomic E-state index is 11.7. The highest BCUT2D eigenvalue weighted by atomic mass is 16.5. The first-order valence-electron chi connectivity index (χ1n) is 7.04. The molecule has 0 aliphatic heterocycles. The van der Waals surface area contributed by atoms with E-state index in [2.05, 4.69) is 4.57 Å². The van der Waals surface area contributed by atoms with Crippen LogP contribution in [0.2, 0.25) is 0 Å². The number of furan rings is 1. The Hall–Kier alpha value is -2.74. The molecule has 0 saturated heterocycles. The highest BCUT2D eigenvalue weighted by Gasteiger charge is 2.14. The molecule has 2 heterocycles. The van der Waals surface area contributed by atoms with E-state index < -0.39 is 5.97 Å². The number of rotatable bonds is 5. The van der Waals surface area contributed by atoms with Crippen molar-refractivity contribution in [2.45, 2.75) is 27.3 Å². The van der Waals surface area contributed by atoms with Crippen LogP contribution in [-0.4, -0.2) is 17.1 Å². The van der Waals surface area contributed by atoms with Crippen molar-refractivity contribution in [3.05, 3.63) is 52.7 Å². The van der Waals surface area contributed by atoms with Crippen LogP contribution in [0.25, 0.3) is 6.08 Å². The van der Waals surface area contributed by atoms with Gasteiger partial charge in [0, 0.05) is 11.4 Å². The quantitative estimate of drug-likeness (QED) is 0.483. The molecule has 5 heteroatoms. The Morgan fingerprint density at radius 1 is 1.50 bits per heavy atom. The Balaban J connectivity index is 2.33. The Morgan fingerprint density at radius 3 is 2.86 bits per heavy atom. The normalized spacial score (nSPS) is 11.3. The summed E-state index contributed by atoms with van der Waals surface area (Å²) in [5, 5.41) is 9.12. The number of hydrogen-bond donors (Lipinski definition) is 0. The molecule has 0 aliphatic rings. The van der Waals surface area contributed by atoms with E-state index in [1.165, 1.54) is 0 Å². The van der Waals surface area contributed by atoms with E-state index in [0.29, 0.717) is 6.54 Å². The molecule has 0 aliphatic carbocycles. The molecule has 0 unspecified atom stereocenters. The number of carbonyl (C=O) groups excluding carboxylic acids is 1. The Morgan fingerprint density at radius 2 is 2.27 bits per heavy atom. The van der Waals surface area contributed by atoms with Crippen LogP contribution in [0, 0.1) is 25.2 Å². The topological polar surface area (TPSA) is 68.2 Å². The lowest BCUT2D eigenvalue weighted by Gasteiger charge is -2.07. The van der Waals surface area contributed by atoms with Gasteiger partial charge >= 0.3 is 5.97 Å². The molecule has 2 aromatic rings. The van der Waals surface area contributed by atoms with Gasteiger partial charge in [-0.25, -0.2) is 4.79 Å². The van der Waals surface area contributed by atoms with Crippen molar-refractivity contribution in [1.82, 2.24) is 4.57 Å². The van der Waals surface area contributed by atoms with Gasteiger partial charge in [-0.2, -0.15) is 5.26 Å². The summed E-state index contributed by atoms with van der Waals surface area (Å²) in [5.41, 5.74) is 2.82. The molecule has 0 spiro atoms. The number of aryl methyl sites for hydroxylation is 1. The summed E-state index contributed by atoms with van der Waals surface area (Å²) in [4.78, 5) is 11.7. The Bertz CT molecular complexity index is 731. The van der Waals surface area contributed by atoms with Crippen molar-refractivity contribution in [3.63, 3.8) is 0 Å². The molecular formula is C17H18N2O3. The van der Waals surface area contributed by atoms with Gasteiger partial charge in [0.15, 0.2) is 0 Å². The van der Waals surface area contributed by atoms with Crippen LogP contribution in [0.15, 0.2) is 34.5 Å². The monoisotopic (exact) mass is 298 g/mol. The standard InChI is InChI=1S/C17H18N2O3/c1-4-21-17(20)15(10-18)9-14-8-12(2)19(13(14)3)11-16-6-5-7-22-16/h5-9H,4,11H2,1-3H3/b15-9+. The third-order valence-corrected chi connectivity index (χ3v) is 3.42. The van der Waals surface area contributed by atoms with Crippen LogP contribution >= 0.6 is 0 Å². The second-order valence-corrected chi connectivity index (χ2v) is 4.88. The highest BCUT2D eigenvalue weighted by Crippen LogP contribution is 2.20. The van der Waals surface area contributed by atoms with E-state index in [1.54, 1.807) is 19.3 Å².